The van der Waals surface area contributed by atoms with E-state index in [1.165, 1.54) is 6.07 Å². The van der Waals surface area contributed by atoms with Crippen LogP contribution in [0.25, 0.3) is 0 Å². The lowest BCUT2D eigenvalue weighted by molar-refractivity contribution is -0.129. The van der Waals surface area contributed by atoms with Crippen LogP contribution in [0.15, 0.2) is 16.3 Å². The molecule has 0 aliphatic carbocycles. The van der Waals surface area contributed by atoms with Crippen LogP contribution >= 0.6 is 11.3 Å². The maximum atomic E-state index is 12.0. The Morgan fingerprint density at radius 1 is 1.60 bits per heavy atom. The van der Waals surface area contributed by atoms with E-state index in [-0.39, 0.29) is 28.8 Å². The summed E-state index contributed by atoms with van der Waals surface area (Å²) < 4.78 is 27.8. The Labute approximate surface area is 121 Å². The zero-order valence-electron chi connectivity index (χ0n) is 11.0. The minimum Gasteiger partial charge on any atom is -0.375 e. The molecule has 1 aromatic heterocycles. The summed E-state index contributed by atoms with van der Waals surface area (Å²) in [7, 11) is -3.68. The minimum atomic E-state index is -3.68. The number of thiophene rings is 1. The van der Waals surface area contributed by atoms with Gasteiger partial charge >= 0.3 is 0 Å². The molecule has 1 aliphatic heterocycles. The van der Waals surface area contributed by atoms with Crippen molar-refractivity contribution in [2.24, 2.45) is 5.14 Å². The molecule has 7 nitrogen and oxygen atoms in total. The maximum Gasteiger partial charge on any atom is 0.247 e. The van der Waals surface area contributed by atoms with Gasteiger partial charge in [0, 0.05) is 11.4 Å². The molecule has 0 spiro atoms. The molecule has 1 fully saturated rings. The lowest BCUT2D eigenvalue weighted by atomic mass is 10.1. The highest BCUT2D eigenvalue weighted by Crippen LogP contribution is 2.20. The SMILES string of the molecule is C[C@H]1OCCN[C@@H]1C(=O)NCc1ccc(S(N)(=O)=O)s1. The minimum absolute atomic E-state index is 0.0919. The Morgan fingerprint density at radius 3 is 2.95 bits per heavy atom. The Kier molecular flexibility index (Phi) is 4.76. The largest absolute Gasteiger partial charge is 0.375 e. The van der Waals surface area contributed by atoms with Crippen molar-refractivity contribution in [1.29, 1.82) is 0 Å². The van der Waals surface area contributed by atoms with Crippen LogP contribution in [-0.4, -0.2) is 39.6 Å². The highest BCUT2D eigenvalue weighted by Gasteiger charge is 2.28. The maximum absolute atomic E-state index is 12.0. The predicted molar refractivity (Wildman–Crippen MR) is 74.7 cm³/mol. The summed E-state index contributed by atoms with van der Waals surface area (Å²) in [6, 6.07) is 2.69. The van der Waals surface area contributed by atoms with Gasteiger partial charge in [-0.1, -0.05) is 0 Å². The van der Waals surface area contributed by atoms with Gasteiger partial charge in [0.1, 0.15) is 10.3 Å². The first-order valence-electron chi connectivity index (χ1n) is 6.12. The van der Waals surface area contributed by atoms with E-state index >= 15 is 0 Å². The van der Waals surface area contributed by atoms with E-state index < -0.39 is 10.0 Å². The van der Waals surface area contributed by atoms with E-state index in [0.717, 1.165) is 16.2 Å². The van der Waals surface area contributed by atoms with Crippen LogP contribution in [-0.2, 0) is 26.1 Å². The molecule has 0 saturated carbocycles. The number of carbonyl (C=O) groups is 1. The quantitative estimate of drug-likeness (QED) is 0.685. The van der Waals surface area contributed by atoms with Crippen molar-refractivity contribution in [2.45, 2.75) is 29.8 Å². The van der Waals surface area contributed by atoms with Gasteiger partial charge < -0.3 is 15.4 Å². The summed E-state index contributed by atoms with van der Waals surface area (Å²) in [6.45, 7) is 3.33. The van der Waals surface area contributed by atoms with Crippen molar-refractivity contribution < 1.29 is 17.9 Å². The zero-order chi connectivity index (χ0) is 14.8. The Bertz CT molecular complexity index is 584. The van der Waals surface area contributed by atoms with Crippen LogP contribution in [0.2, 0.25) is 0 Å². The lowest BCUT2D eigenvalue weighted by Gasteiger charge is -2.29. The highest BCUT2D eigenvalue weighted by atomic mass is 32.2. The molecule has 2 rings (SSSR count). The molecule has 0 unspecified atom stereocenters. The molecule has 1 aromatic rings. The van der Waals surface area contributed by atoms with Crippen molar-refractivity contribution in [3.8, 4) is 0 Å². The van der Waals surface area contributed by atoms with Crippen LogP contribution in [0.1, 0.15) is 11.8 Å². The number of amides is 1. The molecular formula is C11H17N3O4S2. The molecule has 9 heteroatoms. The van der Waals surface area contributed by atoms with Crippen molar-refractivity contribution in [3.05, 3.63) is 17.0 Å². The molecule has 1 aliphatic rings. The Hall–Kier alpha value is -1.00. The third-order valence-corrected chi connectivity index (χ3v) is 5.48. The van der Waals surface area contributed by atoms with E-state index in [4.69, 9.17) is 9.88 Å². The van der Waals surface area contributed by atoms with E-state index in [1.54, 1.807) is 6.07 Å². The number of sulfonamides is 1. The number of carbonyl (C=O) groups excluding carboxylic acids is 1. The van der Waals surface area contributed by atoms with Crippen LogP contribution in [0.5, 0.6) is 0 Å². The second-order valence-corrected chi connectivity index (χ2v) is 7.45. The van der Waals surface area contributed by atoms with Crippen molar-refractivity contribution >= 4 is 27.3 Å². The van der Waals surface area contributed by atoms with Crippen molar-refractivity contribution in [1.82, 2.24) is 10.6 Å². The second-order valence-electron chi connectivity index (χ2n) is 4.49. The zero-order valence-corrected chi connectivity index (χ0v) is 12.6. The fraction of sp³-hybridized carbons (Fsp3) is 0.545. The average molecular weight is 319 g/mol. The molecule has 0 aromatic carbocycles. The van der Waals surface area contributed by atoms with Gasteiger partial charge in [0.25, 0.3) is 0 Å². The Morgan fingerprint density at radius 2 is 2.35 bits per heavy atom. The topological polar surface area (TPSA) is 111 Å². The normalized spacial score (nSPS) is 23.5. The molecule has 0 radical (unpaired) electrons. The van der Waals surface area contributed by atoms with Gasteiger partial charge in [-0.05, 0) is 19.1 Å². The van der Waals surface area contributed by atoms with Crippen LogP contribution in [0, 0.1) is 0 Å². The highest BCUT2D eigenvalue weighted by molar-refractivity contribution is 7.91. The van der Waals surface area contributed by atoms with Gasteiger partial charge in [-0.15, -0.1) is 11.3 Å². The average Bonchev–Trinajstić information content (AvgIpc) is 2.85. The molecule has 1 amide bonds. The van der Waals surface area contributed by atoms with Gasteiger partial charge in [-0.2, -0.15) is 0 Å². The summed E-state index contributed by atoms with van der Waals surface area (Å²) in [4.78, 5) is 12.7. The third kappa shape index (κ3) is 3.76. The molecule has 1 saturated heterocycles. The first-order valence-corrected chi connectivity index (χ1v) is 8.48. The fourth-order valence-electron chi connectivity index (χ4n) is 1.92. The van der Waals surface area contributed by atoms with Crippen LogP contribution in [0.3, 0.4) is 0 Å². The number of ether oxygens (including phenoxy) is 1. The number of nitrogens with one attached hydrogen (secondary N) is 2. The van der Waals surface area contributed by atoms with Gasteiger partial charge in [-0.3, -0.25) is 4.79 Å². The lowest BCUT2D eigenvalue weighted by Crippen LogP contribution is -2.55. The number of morpholine rings is 1. The van der Waals surface area contributed by atoms with Crippen LogP contribution in [0.4, 0.5) is 0 Å². The summed E-state index contributed by atoms with van der Waals surface area (Å²) in [6.07, 6.45) is -0.188. The van der Waals surface area contributed by atoms with Crippen LogP contribution < -0.4 is 15.8 Å². The summed E-state index contributed by atoms with van der Waals surface area (Å²) in [5, 5.41) is 10.9. The smallest absolute Gasteiger partial charge is 0.247 e. The third-order valence-electron chi connectivity index (χ3n) is 2.95. The first kappa shape index (κ1) is 15.4. The molecule has 112 valence electrons. The van der Waals surface area contributed by atoms with E-state index in [9.17, 15) is 13.2 Å². The molecule has 2 heterocycles. The summed E-state index contributed by atoms with van der Waals surface area (Å²) in [5.41, 5.74) is 0. The van der Waals surface area contributed by atoms with E-state index in [2.05, 4.69) is 10.6 Å². The van der Waals surface area contributed by atoms with Gasteiger partial charge in [-0.25, -0.2) is 13.6 Å². The number of rotatable bonds is 4. The van der Waals surface area contributed by atoms with Gasteiger partial charge in [0.15, 0.2) is 0 Å². The fourth-order valence-corrected chi connectivity index (χ4v) is 3.64. The van der Waals surface area contributed by atoms with Crippen molar-refractivity contribution in [2.75, 3.05) is 13.2 Å². The Balaban J connectivity index is 1.91. The first-order chi connectivity index (χ1) is 9.38. The molecule has 2 atom stereocenters. The molecular weight excluding hydrogens is 302 g/mol. The predicted octanol–water partition coefficient (Wildman–Crippen LogP) is -0.611. The summed E-state index contributed by atoms with van der Waals surface area (Å²) >= 11 is 1.05. The van der Waals surface area contributed by atoms with E-state index in [0.29, 0.717) is 13.2 Å². The number of nitrogens with two attached hydrogens (primary N) is 1. The standard InChI is InChI=1S/C11H17N3O4S2/c1-7-10(13-4-5-18-7)11(15)14-6-8-2-3-9(19-8)20(12,16)17/h2-3,7,10,13H,4-6H2,1H3,(H,14,15)(H2,12,16,17)/t7-,10+/m1/s1. The number of primary sulfonamides is 1. The number of hydrogen-bond acceptors (Lipinski definition) is 6. The van der Waals surface area contributed by atoms with Crippen molar-refractivity contribution in [3.63, 3.8) is 0 Å². The second kappa shape index (κ2) is 6.19. The van der Waals surface area contributed by atoms with Gasteiger partial charge in [0.05, 0.1) is 19.3 Å². The number of hydrogen-bond donors (Lipinski definition) is 3. The molecule has 20 heavy (non-hydrogen) atoms. The molecule has 0 bridgehead atoms. The van der Waals surface area contributed by atoms with Gasteiger partial charge in [0.2, 0.25) is 15.9 Å². The summed E-state index contributed by atoms with van der Waals surface area (Å²) in [5.74, 6) is -0.164. The molecule has 4 N–H and O–H groups in total. The monoisotopic (exact) mass is 319 g/mol. The van der Waals surface area contributed by atoms with E-state index in [1.807, 2.05) is 6.92 Å².